The van der Waals surface area contributed by atoms with Gasteiger partial charge in [-0.25, -0.2) is 4.39 Å². The number of likely N-dealkylation sites (N-methyl/N-ethyl adjacent to an activating group) is 1. The molecule has 3 heteroatoms. The number of rotatable bonds is 4. The summed E-state index contributed by atoms with van der Waals surface area (Å²) in [7, 11) is 0. The summed E-state index contributed by atoms with van der Waals surface area (Å²) in [6, 6.07) is 5.18. The Balaban J connectivity index is 2.24. The molecule has 1 N–H and O–H groups in total. The minimum Gasteiger partial charge on any atom is -0.376 e. The van der Waals surface area contributed by atoms with Crippen LogP contribution in [0.15, 0.2) is 18.2 Å². The van der Waals surface area contributed by atoms with Gasteiger partial charge in [-0.1, -0.05) is 13.0 Å². The highest BCUT2D eigenvalue weighted by atomic mass is 19.1. The maximum absolute atomic E-state index is 13.1. The fraction of sp³-hybridized carbons (Fsp3) is 0.571. The molecule has 1 aromatic rings. The van der Waals surface area contributed by atoms with E-state index in [1.54, 1.807) is 6.07 Å². The minimum absolute atomic E-state index is 0.172. The van der Waals surface area contributed by atoms with Gasteiger partial charge in [-0.2, -0.15) is 0 Å². The van der Waals surface area contributed by atoms with Gasteiger partial charge in [0.1, 0.15) is 5.82 Å². The largest absolute Gasteiger partial charge is 0.376 e. The Morgan fingerprint density at radius 2 is 2.35 bits per heavy atom. The van der Waals surface area contributed by atoms with Crippen LogP contribution in [0.2, 0.25) is 0 Å². The maximum atomic E-state index is 13.1. The van der Waals surface area contributed by atoms with E-state index in [4.69, 9.17) is 4.74 Å². The number of hydrogen-bond acceptors (Lipinski definition) is 2. The van der Waals surface area contributed by atoms with E-state index in [0.717, 1.165) is 37.1 Å². The van der Waals surface area contributed by atoms with Crippen molar-refractivity contribution >= 4 is 0 Å². The molecule has 1 aliphatic rings. The molecule has 0 aliphatic carbocycles. The van der Waals surface area contributed by atoms with E-state index >= 15 is 0 Å². The third kappa shape index (κ3) is 2.85. The normalized spacial score (nSPS) is 21.7. The molecule has 1 aliphatic heterocycles. The van der Waals surface area contributed by atoms with Crippen molar-refractivity contribution in [2.45, 2.75) is 38.8 Å². The summed E-state index contributed by atoms with van der Waals surface area (Å²) in [5, 5.41) is 3.45. The van der Waals surface area contributed by atoms with E-state index in [1.807, 2.05) is 13.0 Å². The Kier molecular flexibility index (Phi) is 4.13. The molecule has 17 heavy (non-hydrogen) atoms. The molecular formula is C14H20FNO. The van der Waals surface area contributed by atoms with E-state index in [0.29, 0.717) is 0 Å². The highest BCUT2D eigenvalue weighted by Gasteiger charge is 2.27. The van der Waals surface area contributed by atoms with Crippen molar-refractivity contribution in [1.29, 1.82) is 0 Å². The van der Waals surface area contributed by atoms with E-state index in [1.165, 1.54) is 6.07 Å². The van der Waals surface area contributed by atoms with E-state index in [-0.39, 0.29) is 18.0 Å². The molecule has 0 aromatic heterocycles. The summed E-state index contributed by atoms with van der Waals surface area (Å²) in [4.78, 5) is 0. The molecule has 1 heterocycles. The molecule has 1 saturated heterocycles. The highest BCUT2D eigenvalue weighted by molar-refractivity contribution is 5.30. The number of hydrogen-bond donors (Lipinski definition) is 1. The lowest BCUT2D eigenvalue weighted by atomic mass is 9.95. The first-order chi connectivity index (χ1) is 8.22. The fourth-order valence-corrected chi connectivity index (χ4v) is 2.52. The van der Waals surface area contributed by atoms with Crippen LogP contribution in [0.5, 0.6) is 0 Å². The van der Waals surface area contributed by atoms with Crippen LogP contribution in [0.1, 0.15) is 36.9 Å². The SMILES string of the molecule is CCNC(c1ccc(F)cc1C)C1CCCO1. The molecular weight excluding hydrogens is 217 g/mol. The number of ether oxygens (including phenoxy) is 1. The lowest BCUT2D eigenvalue weighted by Gasteiger charge is -2.25. The topological polar surface area (TPSA) is 21.3 Å². The molecule has 2 rings (SSSR count). The van der Waals surface area contributed by atoms with Gasteiger partial charge < -0.3 is 10.1 Å². The average Bonchev–Trinajstić information content (AvgIpc) is 2.80. The van der Waals surface area contributed by atoms with Crippen molar-refractivity contribution in [1.82, 2.24) is 5.32 Å². The van der Waals surface area contributed by atoms with Crippen LogP contribution < -0.4 is 5.32 Å². The zero-order chi connectivity index (χ0) is 12.3. The van der Waals surface area contributed by atoms with Gasteiger partial charge in [0.2, 0.25) is 0 Å². The zero-order valence-corrected chi connectivity index (χ0v) is 10.5. The predicted molar refractivity (Wildman–Crippen MR) is 66.5 cm³/mol. The Labute approximate surface area is 102 Å². The van der Waals surface area contributed by atoms with Crippen molar-refractivity contribution in [3.8, 4) is 0 Å². The second-order valence-corrected chi connectivity index (χ2v) is 4.59. The third-order valence-electron chi connectivity index (χ3n) is 3.33. The van der Waals surface area contributed by atoms with Gasteiger partial charge in [0.05, 0.1) is 12.1 Å². The Bertz CT molecular complexity index is 374. The van der Waals surface area contributed by atoms with Gasteiger partial charge in [-0.3, -0.25) is 0 Å². The molecule has 1 aromatic carbocycles. The van der Waals surface area contributed by atoms with E-state index < -0.39 is 0 Å². The standard InChI is InChI=1S/C14H20FNO/c1-3-16-14(13-5-4-8-17-13)12-7-6-11(15)9-10(12)2/h6-7,9,13-14,16H,3-5,8H2,1-2H3. The average molecular weight is 237 g/mol. The molecule has 2 nitrogen and oxygen atoms in total. The molecule has 1 fully saturated rings. The van der Waals surface area contributed by atoms with Gasteiger partial charge in [0, 0.05) is 6.61 Å². The molecule has 0 spiro atoms. The summed E-state index contributed by atoms with van der Waals surface area (Å²) in [5.74, 6) is -0.172. The second kappa shape index (κ2) is 5.61. The summed E-state index contributed by atoms with van der Waals surface area (Å²) in [6.07, 6.45) is 2.42. The van der Waals surface area contributed by atoms with Gasteiger partial charge in [0.25, 0.3) is 0 Å². The molecule has 0 bridgehead atoms. The molecule has 0 amide bonds. The fourth-order valence-electron chi connectivity index (χ4n) is 2.52. The molecule has 2 atom stereocenters. The first-order valence-electron chi connectivity index (χ1n) is 6.33. The molecule has 0 saturated carbocycles. The lowest BCUT2D eigenvalue weighted by molar-refractivity contribution is 0.0786. The Hall–Kier alpha value is -0.930. The summed E-state index contributed by atoms with van der Waals surface area (Å²) >= 11 is 0. The monoisotopic (exact) mass is 237 g/mol. The third-order valence-corrected chi connectivity index (χ3v) is 3.33. The summed E-state index contributed by atoms with van der Waals surface area (Å²) < 4.78 is 18.9. The van der Waals surface area contributed by atoms with E-state index in [9.17, 15) is 4.39 Å². The zero-order valence-electron chi connectivity index (χ0n) is 10.5. The summed E-state index contributed by atoms with van der Waals surface area (Å²) in [5.41, 5.74) is 2.15. The highest BCUT2D eigenvalue weighted by Crippen LogP contribution is 2.29. The Morgan fingerprint density at radius 1 is 1.53 bits per heavy atom. The maximum Gasteiger partial charge on any atom is 0.123 e. The second-order valence-electron chi connectivity index (χ2n) is 4.59. The van der Waals surface area contributed by atoms with Crippen molar-refractivity contribution in [3.63, 3.8) is 0 Å². The smallest absolute Gasteiger partial charge is 0.123 e. The quantitative estimate of drug-likeness (QED) is 0.869. The number of aryl methyl sites for hydroxylation is 1. The van der Waals surface area contributed by atoms with Crippen molar-refractivity contribution in [2.75, 3.05) is 13.2 Å². The first-order valence-corrected chi connectivity index (χ1v) is 6.33. The summed E-state index contributed by atoms with van der Waals surface area (Å²) in [6.45, 7) is 5.77. The number of halogens is 1. The van der Waals surface area contributed by atoms with Crippen molar-refractivity contribution in [2.24, 2.45) is 0 Å². The molecule has 94 valence electrons. The predicted octanol–water partition coefficient (Wildman–Crippen LogP) is 2.96. The molecule has 2 unspecified atom stereocenters. The Morgan fingerprint density at radius 3 is 2.94 bits per heavy atom. The van der Waals surface area contributed by atoms with Crippen LogP contribution in [0.3, 0.4) is 0 Å². The van der Waals surface area contributed by atoms with Gasteiger partial charge in [-0.05, 0) is 49.6 Å². The van der Waals surface area contributed by atoms with E-state index in [2.05, 4.69) is 12.2 Å². The van der Waals surface area contributed by atoms with Gasteiger partial charge >= 0.3 is 0 Å². The first kappa shape index (κ1) is 12.5. The van der Waals surface area contributed by atoms with Crippen LogP contribution in [0.25, 0.3) is 0 Å². The number of benzene rings is 1. The van der Waals surface area contributed by atoms with Crippen molar-refractivity contribution < 1.29 is 9.13 Å². The minimum atomic E-state index is -0.172. The molecule has 0 radical (unpaired) electrons. The van der Waals surface area contributed by atoms with Gasteiger partial charge in [0.15, 0.2) is 0 Å². The van der Waals surface area contributed by atoms with Crippen LogP contribution >= 0.6 is 0 Å². The van der Waals surface area contributed by atoms with Gasteiger partial charge in [-0.15, -0.1) is 0 Å². The van der Waals surface area contributed by atoms with Crippen molar-refractivity contribution in [3.05, 3.63) is 35.1 Å². The van der Waals surface area contributed by atoms with Crippen LogP contribution in [0, 0.1) is 12.7 Å². The van der Waals surface area contributed by atoms with Crippen LogP contribution in [0.4, 0.5) is 4.39 Å². The van der Waals surface area contributed by atoms with Crippen LogP contribution in [-0.4, -0.2) is 19.3 Å². The number of nitrogens with one attached hydrogen (secondary N) is 1. The van der Waals surface area contributed by atoms with Crippen LogP contribution in [-0.2, 0) is 4.74 Å². The lowest BCUT2D eigenvalue weighted by Crippen LogP contribution is -2.32.